The van der Waals surface area contributed by atoms with E-state index in [0.29, 0.717) is 22.6 Å². The molecule has 1 amide bonds. The van der Waals surface area contributed by atoms with Crippen LogP contribution in [0.15, 0.2) is 60.9 Å². The Kier molecular flexibility index (Phi) is 5.52. The molecule has 0 aliphatic carbocycles. The average molecular weight is 421 g/mol. The summed E-state index contributed by atoms with van der Waals surface area (Å²) in [6, 6.07) is 13.3. The molecule has 2 aromatic carbocycles. The molecule has 0 bridgehead atoms. The molecule has 0 saturated heterocycles. The van der Waals surface area contributed by atoms with Crippen molar-refractivity contribution >= 4 is 17.2 Å². The first kappa shape index (κ1) is 20.7. The number of imidazole rings is 1. The maximum atomic E-state index is 14.6. The van der Waals surface area contributed by atoms with Crippen LogP contribution in [0.4, 0.5) is 14.5 Å². The molecule has 2 N–H and O–H groups in total. The first-order valence-corrected chi connectivity index (χ1v) is 9.85. The van der Waals surface area contributed by atoms with Crippen molar-refractivity contribution in [1.82, 2.24) is 9.38 Å². The van der Waals surface area contributed by atoms with Crippen LogP contribution in [0, 0.1) is 17.6 Å². The second-order valence-electron chi connectivity index (χ2n) is 7.58. The Hall–Kier alpha value is -3.58. The number of pyridine rings is 1. The average Bonchev–Trinajstić information content (AvgIpc) is 3.18. The van der Waals surface area contributed by atoms with E-state index in [9.17, 15) is 18.7 Å². The SMILES string of the molecule is CC(C)C(=O)Nc1cccc(-c2cn3cc(-c4ccc(F)c(CO)c4F)ccc3n2)c1. The number of fused-ring (bicyclic) bond motifs is 1. The Morgan fingerprint density at radius 1 is 1.10 bits per heavy atom. The molecule has 2 heterocycles. The molecule has 0 aliphatic rings. The van der Waals surface area contributed by atoms with E-state index in [0.717, 1.165) is 11.6 Å². The molecular formula is C24H21F2N3O2. The summed E-state index contributed by atoms with van der Waals surface area (Å²) >= 11 is 0. The zero-order chi connectivity index (χ0) is 22.1. The van der Waals surface area contributed by atoms with Crippen LogP contribution in [0.3, 0.4) is 0 Å². The van der Waals surface area contributed by atoms with Gasteiger partial charge in [0.05, 0.1) is 12.3 Å². The summed E-state index contributed by atoms with van der Waals surface area (Å²) in [7, 11) is 0. The van der Waals surface area contributed by atoms with Gasteiger partial charge in [-0.05, 0) is 36.4 Å². The van der Waals surface area contributed by atoms with Crippen LogP contribution in [0.5, 0.6) is 0 Å². The number of amides is 1. The van der Waals surface area contributed by atoms with Gasteiger partial charge in [0.15, 0.2) is 0 Å². The fourth-order valence-electron chi connectivity index (χ4n) is 3.30. The first-order valence-electron chi connectivity index (χ1n) is 9.85. The molecule has 0 radical (unpaired) electrons. The number of carbonyl (C=O) groups is 1. The van der Waals surface area contributed by atoms with Gasteiger partial charge in [-0.25, -0.2) is 13.8 Å². The Morgan fingerprint density at radius 3 is 2.65 bits per heavy atom. The van der Waals surface area contributed by atoms with Crippen molar-refractivity contribution in [3.8, 4) is 22.4 Å². The molecular weight excluding hydrogens is 400 g/mol. The summed E-state index contributed by atoms with van der Waals surface area (Å²) in [5, 5.41) is 12.1. The highest BCUT2D eigenvalue weighted by Crippen LogP contribution is 2.29. The monoisotopic (exact) mass is 421 g/mol. The second kappa shape index (κ2) is 8.28. The third-order valence-electron chi connectivity index (χ3n) is 5.06. The molecule has 2 aromatic heterocycles. The number of rotatable bonds is 5. The number of hydrogen-bond donors (Lipinski definition) is 2. The van der Waals surface area contributed by atoms with Gasteiger partial charge in [-0.2, -0.15) is 0 Å². The zero-order valence-electron chi connectivity index (χ0n) is 17.1. The fourth-order valence-corrected chi connectivity index (χ4v) is 3.30. The Bertz CT molecular complexity index is 1280. The number of aliphatic hydroxyl groups excluding tert-OH is 1. The minimum Gasteiger partial charge on any atom is -0.391 e. The van der Waals surface area contributed by atoms with Gasteiger partial charge in [0.1, 0.15) is 17.3 Å². The van der Waals surface area contributed by atoms with E-state index in [1.54, 1.807) is 28.9 Å². The third-order valence-corrected chi connectivity index (χ3v) is 5.06. The summed E-state index contributed by atoms with van der Waals surface area (Å²) in [5.74, 6) is -1.76. The predicted molar refractivity (Wildman–Crippen MR) is 115 cm³/mol. The number of carbonyl (C=O) groups excluding carboxylic acids is 1. The molecule has 0 saturated carbocycles. The Morgan fingerprint density at radius 2 is 1.90 bits per heavy atom. The van der Waals surface area contributed by atoms with Crippen molar-refractivity contribution in [3.63, 3.8) is 0 Å². The summed E-state index contributed by atoms with van der Waals surface area (Å²) in [5.41, 5.74) is 3.21. The molecule has 158 valence electrons. The van der Waals surface area contributed by atoms with Crippen molar-refractivity contribution < 1.29 is 18.7 Å². The molecule has 4 rings (SSSR count). The molecule has 0 fully saturated rings. The molecule has 7 heteroatoms. The van der Waals surface area contributed by atoms with Crippen molar-refractivity contribution in [2.75, 3.05) is 5.32 Å². The van der Waals surface area contributed by atoms with Crippen molar-refractivity contribution in [2.24, 2.45) is 5.92 Å². The summed E-state index contributed by atoms with van der Waals surface area (Å²) in [6.45, 7) is 2.94. The van der Waals surface area contributed by atoms with E-state index in [4.69, 9.17) is 0 Å². The number of benzene rings is 2. The Balaban J connectivity index is 1.70. The van der Waals surface area contributed by atoms with Crippen LogP contribution in [0.25, 0.3) is 28.0 Å². The number of anilines is 1. The van der Waals surface area contributed by atoms with E-state index in [2.05, 4.69) is 10.3 Å². The quantitative estimate of drug-likeness (QED) is 0.475. The van der Waals surface area contributed by atoms with Crippen molar-refractivity contribution in [1.29, 1.82) is 0 Å². The van der Waals surface area contributed by atoms with Gasteiger partial charge in [-0.1, -0.05) is 26.0 Å². The van der Waals surface area contributed by atoms with Gasteiger partial charge in [0.25, 0.3) is 0 Å². The topological polar surface area (TPSA) is 66.6 Å². The summed E-state index contributed by atoms with van der Waals surface area (Å²) in [6.07, 6.45) is 3.50. The molecule has 31 heavy (non-hydrogen) atoms. The minimum atomic E-state index is -0.782. The largest absolute Gasteiger partial charge is 0.391 e. The molecule has 5 nitrogen and oxygen atoms in total. The van der Waals surface area contributed by atoms with Gasteiger partial charge < -0.3 is 14.8 Å². The van der Waals surface area contributed by atoms with E-state index >= 15 is 0 Å². The maximum Gasteiger partial charge on any atom is 0.226 e. The summed E-state index contributed by atoms with van der Waals surface area (Å²) in [4.78, 5) is 16.6. The zero-order valence-corrected chi connectivity index (χ0v) is 17.1. The standard InChI is InChI=1S/C24H21F2N3O2/c1-14(2)24(31)27-17-5-3-4-15(10-17)21-12-29-11-16(6-9-22(29)28-21)18-7-8-20(25)19(13-30)23(18)26/h3-12,14,30H,13H2,1-2H3,(H,27,31). The number of nitrogens with one attached hydrogen (secondary N) is 1. The molecule has 0 spiro atoms. The first-order chi connectivity index (χ1) is 14.9. The second-order valence-corrected chi connectivity index (χ2v) is 7.58. The van der Waals surface area contributed by atoms with Crippen LogP contribution >= 0.6 is 0 Å². The van der Waals surface area contributed by atoms with Crippen LogP contribution in [0.2, 0.25) is 0 Å². The van der Waals surface area contributed by atoms with E-state index < -0.39 is 18.2 Å². The van der Waals surface area contributed by atoms with Crippen LogP contribution in [-0.4, -0.2) is 20.4 Å². The Labute approximate surface area is 178 Å². The van der Waals surface area contributed by atoms with Crippen molar-refractivity contribution in [3.05, 3.63) is 78.1 Å². The number of nitrogens with zero attached hydrogens (tertiary/aromatic N) is 2. The fraction of sp³-hybridized carbons (Fsp3) is 0.167. The van der Waals surface area contributed by atoms with Gasteiger partial charge >= 0.3 is 0 Å². The molecule has 0 atom stereocenters. The molecule has 0 unspecified atom stereocenters. The van der Waals surface area contributed by atoms with Crippen LogP contribution in [0.1, 0.15) is 19.4 Å². The number of aromatic nitrogens is 2. The minimum absolute atomic E-state index is 0.0691. The van der Waals surface area contributed by atoms with Gasteiger partial charge in [0, 0.05) is 46.3 Å². The number of halogens is 2. The lowest BCUT2D eigenvalue weighted by atomic mass is 10.0. The van der Waals surface area contributed by atoms with Crippen LogP contribution < -0.4 is 5.32 Å². The van der Waals surface area contributed by atoms with Crippen LogP contribution in [-0.2, 0) is 11.4 Å². The smallest absolute Gasteiger partial charge is 0.226 e. The third kappa shape index (κ3) is 4.04. The van der Waals surface area contributed by atoms with E-state index in [1.807, 2.05) is 38.1 Å². The lowest BCUT2D eigenvalue weighted by Crippen LogP contribution is -2.17. The highest BCUT2D eigenvalue weighted by molar-refractivity contribution is 5.92. The highest BCUT2D eigenvalue weighted by atomic mass is 19.1. The van der Waals surface area contributed by atoms with Gasteiger partial charge in [-0.15, -0.1) is 0 Å². The molecule has 0 aliphatic heterocycles. The lowest BCUT2D eigenvalue weighted by molar-refractivity contribution is -0.118. The predicted octanol–water partition coefficient (Wildman–Crippen LogP) is 5.03. The lowest BCUT2D eigenvalue weighted by Gasteiger charge is -2.08. The van der Waals surface area contributed by atoms with Gasteiger partial charge in [0.2, 0.25) is 5.91 Å². The maximum absolute atomic E-state index is 14.6. The number of aliphatic hydroxyl groups is 1. The van der Waals surface area contributed by atoms with Gasteiger partial charge in [-0.3, -0.25) is 4.79 Å². The molecule has 4 aromatic rings. The normalized spacial score (nSPS) is 11.3. The summed E-state index contributed by atoms with van der Waals surface area (Å²) < 4.78 is 30.1. The number of hydrogen-bond acceptors (Lipinski definition) is 3. The van der Waals surface area contributed by atoms with Crippen molar-refractivity contribution in [2.45, 2.75) is 20.5 Å². The highest BCUT2D eigenvalue weighted by Gasteiger charge is 2.15. The van der Waals surface area contributed by atoms with E-state index in [1.165, 1.54) is 6.07 Å². The van der Waals surface area contributed by atoms with E-state index in [-0.39, 0.29) is 23.0 Å².